The maximum absolute atomic E-state index is 12.9. The lowest BCUT2D eigenvalue weighted by Crippen LogP contribution is -2.45. The van der Waals surface area contributed by atoms with Crippen molar-refractivity contribution in [2.24, 2.45) is 5.92 Å². The van der Waals surface area contributed by atoms with Crippen LogP contribution in [-0.4, -0.2) is 51.3 Å². The minimum Gasteiger partial charge on any atom is -0.497 e. The largest absolute Gasteiger partial charge is 0.497 e. The molecule has 0 bridgehead atoms. The maximum Gasteiger partial charge on any atom is 0.243 e. The minimum atomic E-state index is -3.70. The van der Waals surface area contributed by atoms with Crippen molar-refractivity contribution >= 4 is 39.1 Å². The Bertz CT molecular complexity index is 1040. The van der Waals surface area contributed by atoms with Gasteiger partial charge in [-0.1, -0.05) is 11.6 Å². The van der Waals surface area contributed by atoms with E-state index >= 15 is 0 Å². The van der Waals surface area contributed by atoms with Crippen LogP contribution in [-0.2, 0) is 19.6 Å². The average Bonchev–Trinajstić information content (AvgIpc) is 2.80. The standard InChI is InChI=1S/C22H26ClN3O5S/c1-31-19-8-10-20(11-9-19)32(29,30)26-14-2-3-16(15-26)22(28)24-13-12-21(27)25-18-6-4-17(23)5-7-18/h4-11,16H,2-3,12-15H2,1H3,(H,24,28)(H,25,27)/t16-/m0/s1. The molecule has 1 saturated heterocycles. The quantitative estimate of drug-likeness (QED) is 0.605. The van der Waals surface area contributed by atoms with E-state index < -0.39 is 15.9 Å². The molecule has 2 aromatic rings. The number of nitrogens with one attached hydrogen (secondary N) is 2. The van der Waals surface area contributed by atoms with Crippen molar-refractivity contribution in [1.29, 1.82) is 0 Å². The fraction of sp³-hybridized carbons (Fsp3) is 0.364. The summed E-state index contributed by atoms with van der Waals surface area (Å²) < 4.78 is 32.3. The molecule has 2 amide bonds. The zero-order valence-corrected chi connectivity index (χ0v) is 19.3. The number of hydrogen-bond donors (Lipinski definition) is 2. The Morgan fingerprint density at radius 1 is 1.12 bits per heavy atom. The van der Waals surface area contributed by atoms with Gasteiger partial charge in [0.2, 0.25) is 21.8 Å². The van der Waals surface area contributed by atoms with Gasteiger partial charge in [0.15, 0.2) is 0 Å². The van der Waals surface area contributed by atoms with Crippen LogP contribution >= 0.6 is 11.6 Å². The van der Waals surface area contributed by atoms with Crippen LogP contribution in [0.3, 0.4) is 0 Å². The lowest BCUT2D eigenvalue weighted by molar-refractivity contribution is -0.126. The van der Waals surface area contributed by atoms with E-state index in [2.05, 4.69) is 10.6 Å². The van der Waals surface area contributed by atoms with Crippen molar-refractivity contribution in [3.05, 3.63) is 53.6 Å². The number of rotatable bonds is 8. The third-order valence-electron chi connectivity index (χ3n) is 5.23. The highest BCUT2D eigenvalue weighted by atomic mass is 35.5. The Morgan fingerprint density at radius 2 is 1.81 bits per heavy atom. The summed E-state index contributed by atoms with van der Waals surface area (Å²) in [6.07, 6.45) is 1.29. The number of benzene rings is 2. The highest BCUT2D eigenvalue weighted by Crippen LogP contribution is 2.25. The Kier molecular flexibility index (Phi) is 8.11. The van der Waals surface area contributed by atoms with Crippen LogP contribution in [0.4, 0.5) is 5.69 Å². The average molecular weight is 480 g/mol. The van der Waals surface area contributed by atoms with Crippen molar-refractivity contribution < 1.29 is 22.7 Å². The third kappa shape index (κ3) is 6.21. The van der Waals surface area contributed by atoms with Gasteiger partial charge in [0.1, 0.15) is 5.75 Å². The molecule has 3 rings (SSSR count). The Labute approximate surface area is 192 Å². The molecule has 1 atom stereocenters. The molecule has 0 aromatic heterocycles. The van der Waals surface area contributed by atoms with Gasteiger partial charge >= 0.3 is 0 Å². The van der Waals surface area contributed by atoms with Crippen LogP contribution in [0.5, 0.6) is 5.75 Å². The van der Waals surface area contributed by atoms with E-state index in [0.29, 0.717) is 35.8 Å². The number of methoxy groups -OCH3 is 1. The molecule has 1 fully saturated rings. The minimum absolute atomic E-state index is 0.106. The summed E-state index contributed by atoms with van der Waals surface area (Å²) in [5, 5.41) is 6.05. The van der Waals surface area contributed by atoms with Gasteiger partial charge in [-0.25, -0.2) is 8.42 Å². The first-order valence-corrected chi connectivity index (χ1v) is 12.1. The molecule has 0 spiro atoms. The first-order chi connectivity index (χ1) is 15.3. The van der Waals surface area contributed by atoms with E-state index in [1.165, 1.54) is 23.5 Å². The van der Waals surface area contributed by atoms with Crippen molar-refractivity contribution in [3.8, 4) is 5.75 Å². The van der Waals surface area contributed by atoms with Crippen molar-refractivity contribution in [3.63, 3.8) is 0 Å². The molecule has 8 nitrogen and oxygen atoms in total. The predicted molar refractivity (Wildman–Crippen MR) is 122 cm³/mol. The highest BCUT2D eigenvalue weighted by Gasteiger charge is 2.33. The van der Waals surface area contributed by atoms with Crippen molar-refractivity contribution in [2.75, 3.05) is 32.1 Å². The summed E-state index contributed by atoms with van der Waals surface area (Å²) in [7, 11) is -2.19. The monoisotopic (exact) mass is 479 g/mol. The number of anilines is 1. The first-order valence-electron chi connectivity index (χ1n) is 10.3. The summed E-state index contributed by atoms with van der Waals surface area (Å²) >= 11 is 5.82. The molecule has 0 unspecified atom stereocenters. The predicted octanol–water partition coefficient (Wildman–Crippen LogP) is 2.89. The Hall–Kier alpha value is -2.62. The van der Waals surface area contributed by atoms with Crippen LogP contribution in [0.2, 0.25) is 5.02 Å². The van der Waals surface area contributed by atoms with E-state index in [9.17, 15) is 18.0 Å². The second-order valence-electron chi connectivity index (χ2n) is 7.47. The van der Waals surface area contributed by atoms with Gasteiger partial charge in [-0.15, -0.1) is 0 Å². The van der Waals surface area contributed by atoms with Crippen molar-refractivity contribution in [1.82, 2.24) is 9.62 Å². The van der Waals surface area contributed by atoms with Gasteiger partial charge in [0.05, 0.1) is 17.9 Å². The van der Waals surface area contributed by atoms with Crippen LogP contribution in [0.1, 0.15) is 19.3 Å². The summed E-state index contributed by atoms with van der Waals surface area (Å²) in [4.78, 5) is 24.8. The SMILES string of the molecule is COc1ccc(S(=O)(=O)N2CCC[C@H](C(=O)NCCC(=O)Nc3ccc(Cl)cc3)C2)cc1. The lowest BCUT2D eigenvalue weighted by atomic mass is 9.99. The van der Waals surface area contributed by atoms with E-state index in [-0.39, 0.29) is 36.2 Å². The molecule has 1 aliphatic rings. The van der Waals surface area contributed by atoms with Crippen LogP contribution in [0.25, 0.3) is 0 Å². The van der Waals surface area contributed by atoms with Gasteiger partial charge in [0.25, 0.3) is 0 Å². The second kappa shape index (κ2) is 10.8. The third-order valence-corrected chi connectivity index (χ3v) is 7.36. The molecule has 2 aromatic carbocycles. The zero-order chi connectivity index (χ0) is 23.1. The summed E-state index contributed by atoms with van der Waals surface area (Å²) in [6, 6.07) is 12.9. The van der Waals surface area contributed by atoms with E-state index in [0.717, 1.165) is 0 Å². The molecular weight excluding hydrogens is 454 g/mol. The zero-order valence-electron chi connectivity index (χ0n) is 17.7. The molecule has 2 N–H and O–H groups in total. The molecule has 32 heavy (non-hydrogen) atoms. The van der Waals surface area contributed by atoms with Crippen molar-refractivity contribution in [2.45, 2.75) is 24.2 Å². The molecule has 10 heteroatoms. The number of carbonyl (C=O) groups is 2. The van der Waals surface area contributed by atoms with Gasteiger partial charge in [0, 0.05) is 36.8 Å². The molecule has 0 radical (unpaired) electrons. The number of halogens is 1. The Morgan fingerprint density at radius 3 is 2.47 bits per heavy atom. The second-order valence-corrected chi connectivity index (χ2v) is 9.85. The first kappa shape index (κ1) is 24.0. The van der Waals surface area contributed by atoms with Crippen LogP contribution < -0.4 is 15.4 Å². The maximum atomic E-state index is 12.9. The number of nitrogens with zero attached hydrogens (tertiary/aromatic N) is 1. The number of ether oxygens (including phenoxy) is 1. The lowest BCUT2D eigenvalue weighted by Gasteiger charge is -2.31. The highest BCUT2D eigenvalue weighted by molar-refractivity contribution is 7.89. The van der Waals surface area contributed by atoms with E-state index in [1.54, 1.807) is 36.4 Å². The van der Waals surface area contributed by atoms with Crippen LogP contribution in [0.15, 0.2) is 53.4 Å². The molecule has 0 aliphatic carbocycles. The van der Waals surface area contributed by atoms with Gasteiger partial charge in [-0.3, -0.25) is 9.59 Å². The Balaban J connectivity index is 1.50. The molecule has 1 heterocycles. The normalized spacial score (nSPS) is 16.9. The fourth-order valence-electron chi connectivity index (χ4n) is 3.47. The molecule has 172 valence electrons. The number of hydrogen-bond acceptors (Lipinski definition) is 5. The van der Waals surface area contributed by atoms with E-state index in [4.69, 9.17) is 16.3 Å². The van der Waals surface area contributed by atoms with Gasteiger partial charge < -0.3 is 15.4 Å². The van der Waals surface area contributed by atoms with E-state index in [1.807, 2.05) is 0 Å². The molecule has 1 aliphatic heterocycles. The number of amides is 2. The number of sulfonamides is 1. The smallest absolute Gasteiger partial charge is 0.243 e. The number of piperidine rings is 1. The van der Waals surface area contributed by atoms with Gasteiger partial charge in [-0.2, -0.15) is 4.31 Å². The topological polar surface area (TPSA) is 105 Å². The summed E-state index contributed by atoms with van der Waals surface area (Å²) in [5.41, 5.74) is 0.623. The summed E-state index contributed by atoms with van der Waals surface area (Å²) in [5.74, 6) is -0.380. The van der Waals surface area contributed by atoms with Crippen LogP contribution in [0, 0.1) is 5.92 Å². The fourth-order valence-corrected chi connectivity index (χ4v) is 5.12. The molecular formula is C22H26ClN3O5S. The summed E-state index contributed by atoms with van der Waals surface area (Å²) in [6.45, 7) is 0.638. The molecule has 0 saturated carbocycles. The van der Waals surface area contributed by atoms with Gasteiger partial charge in [-0.05, 0) is 61.4 Å². The number of carbonyl (C=O) groups excluding carboxylic acids is 2.